The molecule has 0 radical (unpaired) electrons. The van der Waals surface area contributed by atoms with E-state index < -0.39 is 17.8 Å². The number of nitrogens with one attached hydrogen (secondary N) is 2. The first-order chi connectivity index (χ1) is 34.0. The number of benzene rings is 5. The number of hydrogen-bond donors (Lipinski definition) is 4. The van der Waals surface area contributed by atoms with Crippen LogP contribution in [0.4, 0.5) is 5.69 Å². The van der Waals surface area contributed by atoms with E-state index in [0.717, 1.165) is 50.5 Å². The van der Waals surface area contributed by atoms with Crippen LogP contribution in [0.3, 0.4) is 0 Å². The summed E-state index contributed by atoms with van der Waals surface area (Å²) in [6, 6.07) is 28.5. The van der Waals surface area contributed by atoms with Gasteiger partial charge in [0.25, 0.3) is 5.56 Å². The summed E-state index contributed by atoms with van der Waals surface area (Å²) < 4.78 is 45.6. The number of unbranched alkanes of at least 4 members (excludes halogenated alkanes) is 5. The number of rotatable bonds is 26. The first-order valence-electron chi connectivity index (χ1n) is 23.7. The lowest BCUT2D eigenvalue weighted by Gasteiger charge is -2.18. The largest absolute Gasteiger partial charge is 0.507 e. The van der Waals surface area contributed by atoms with E-state index in [-0.39, 0.29) is 30.9 Å². The van der Waals surface area contributed by atoms with E-state index in [0.29, 0.717) is 100.0 Å². The molecular weight excluding hydrogens is 909 g/mol. The Hall–Kier alpha value is -7.55. The van der Waals surface area contributed by atoms with Gasteiger partial charge in [-0.2, -0.15) is 0 Å². The minimum Gasteiger partial charge on any atom is -0.507 e. The molecule has 0 saturated heterocycles. The molecule has 15 heteroatoms. The third kappa shape index (κ3) is 16.0. The fourth-order valence-electron chi connectivity index (χ4n) is 7.31. The number of pyridine rings is 1. The smallest absolute Gasteiger partial charge is 0.316 e. The molecule has 382 valence electrons. The number of aromatic nitrogens is 1. The van der Waals surface area contributed by atoms with Crippen molar-refractivity contribution in [1.29, 1.82) is 0 Å². The Balaban J connectivity index is 0.000000306. The standard InChI is InChI=1S/C29H33NO7.C26H33NO6.CH4/c1-4-5-7-12-23(29(32)33)28(31)30-24-15-13-21(34-2)17-26(24)37-25-16-14-22(18-27(25)35-3)36-19-20-10-8-6-9-11-20;1-5-7-9-10-19-25(28)20-14-18(30-3)16-23(24(20)27-26(19)29)33-21-12-11-17(15-22(21)31-4)32-13-8-6-2;/h6,8-11,13-18,23H,4-5,7,12,19H2,1-3H3,(H,30,31)(H,32,33);11-12,14-16H,5-10,13H2,1-4H3,(H2,27,28,29);1H4. The zero-order chi connectivity index (χ0) is 50.4. The third-order valence-corrected chi connectivity index (χ3v) is 11.3. The maximum absolute atomic E-state index is 12.8. The van der Waals surface area contributed by atoms with E-state index in [2.05, 4.69) is 24.1 Å². The molecule has 0 aliphatic heterocycles. The number of amides is 1. The maximum Gasteiger partial charge on any atom is 0.316 e. The van der Waals surface area contributed by atoms with Crippen LogP contribution >= 0.6 is 0 Å². The number of methoxy groups -OCH3 is 4. The van der Waals surface area contributed by atoms with Crippen LogP contribution in [0, 0.1) is 5.92 Å². The predicted octanol–water partition coefficient (Wildman–Crippen LogP) is 12.9. The highest BCUT2D eigenvalue weighted by atomic mass is 16.5. The normalized spacial score (nSPS) is 11.0. The number of carbonyl (C=O) groups excluding carboxylic acids is 1. The van der Waals surface area contributed by atoms with Crippen LogP contribution in [0.15, 0.2) is 102 Å². The molecule has 0 fully saturated rings. The Labute approximate surface area is 416 Å². The topological polar surface area (TPSA) is 193 Å². The molecule has 1 heterocycles. The predicted molar refractivity (Wildman–Crippen MR) is 277 cm³/mol. The van der Waals surface area contributed by atoms with E-state index in [1.165, 1.54) is 14.2 Å². The van der Waals surface area contributed by atoms with Gasteiger partial charge in [-0.05, 0) is 73.7 Å². The molecule has 4 N–H and O–H groups in total. The van der Waals surface area contributed by atoms with E-state index in [1.807, 2.05) is 43.3 Å². The van der Waals surface area contributed by atoms with Crippen molar-refractivity contribution >= 4 is 28.5 Å². The molecule has 5 aromatic carbocycles. The third-order valence-electron chi connectivity index (χ3n) is 11.3. The first-order valence-corrected chi connectivity index (χ1v) is 23.7. The summed E-state index contributed by atoms with van der Waals surface area (Å²) in [6.45, 7) is 7.25. The minimum atomic E-state index is -1.16. The van der Waals surface area contributed by atoms with E-state index in [9.17, 15) is 24.6 Å². The van der Waals surface area contributed by atoms with Crippen molar-refractivity contribution < 1.29 is 57.7 Å². The maximum atomic E-state index is 12.8. The van der Waals surface area contributed by atoms with Crippen molar-refractivity contribution in [2.24, 2.45) is 5.92 Å². The lowest BCUT2D eigenvalue weighted by atomic mass is 10.0. The highest BCUT2D eigenvalue weighted by Crippen LogP contribution is 2.42. The quantitative estimate of drug-likeness (QED) is 0.0297. The summed E-state index contributed by atoms with van der Waals surface area (Å²) in [5.74, 6) is 1.70. The number of carboxylic acids is 1. The van der Waals surface area contributed by atoms with Gasteiger partial charge in [0, 0.05) is 29.7 Å². The Morgan fingerprint density at radius 2 is 1.20 bits per heavy atom. The number of aromatic hydroxyl groups is 1. The van der Waals surface area contributed by atoms with Crippen LogP contribution in [-0.2, 0) is 22.6 Å². The number of hydrogen-bond acceptors (Lipinski definition) is 12. The Morgan fingerprint density at radius 3 is 1.80 bits per heavy atom. The van der Waals surface area contributed by atoms with Crippen LogP contribution < -0.4 is 48.8 Å². The second-order valence-corrected chi connectivity index (χ2v) is 16.3. The summed E-state index contributed by atoms with van der Waals surface area (Å²) in [7, 11) is 6.13. The molecule has 6 rings (SSSR count). The van der Waals surface area contributed by atoms with Gasteiger partial charge in [-0.25, -0.2) is 0 Å². The molecule has 6 aromatic rings. The van der Waals surface area contributed by atoms with Crippen LogP contribution in [0.5, 0.6) is 63.2 Å². The first kappa shape index (κ1) is 56.0. The van der Waals surface area contributed by atoms with Gasteiger partial charge in [-0.15, -0.1) is 0 Å². The van der Waals surface area contributed by atoms with E-state index >= 15 is 0 Å². The summed E-state index contributed by atoms with van der Waals surface area (Å²) in [5.41, 5.74) is 1.80. The number of carbonyl (C=O) groups is 2. The van der Waals surface area contributed by atoms with Gasteiger partial charge in [0.1, 0.15) is 41.3 Å². The number of H-pyrrole nitrogens is 1. The van der Waals surface area contributed by atoms with E-state index in [1.54, 1.807) is 74.9 Å². The van der Waals surface area contributed by atoms with Crippen LogP contribution in [0.2, 0.25) is 0 Å². The molecule has 0 bridgehead atoms. The number of fused-ring (bicyclic) bond motifs is 1. The van der Waals surface area contributed by atoms with Crippen LogP contribution in [0.1, 0.15) is 97.1 Å². The fourth-order valence-corrected chi connectivity index (χ4v) is 7.31. The molecule has 0 aliphatic carbocycles. The molecule has 1 atom stereocenters. The fraction of sp³-hybridized carbons (Fsp3) is 0.375. The molecule has 0 saturated carbocycles. The van der Waals surface area contributed by atoms with Crippen molar-refractivity contribution in [1.82, 2.24) is 4.98 Å². The molecule has 15 nitrogen and oxygen atoms in total. The summed E-state index contributed by atoms with van der Waals surface area (Å²) >= 11 is 0. The van der Waals surface area contributed by atoms with Crippen molar-refractivity contribution in [2.75, 3.05) is 40.4 Å². The van der Waals surface area contributed by atoms with Crippen LogP contribution in [-0.4, -0.2) is 62.1 Å². The highest BCUT2D eigenvalue weighted by molar-refractivity contribution is 6.05. The number of anilines is 1. The van der Waals surface area contributed by atoms with Gasteiger partial charge in [0.05, 0.1) is 51.8 Å². The molecule has 0 aliphatic rings. The molecule has 0 spiro atoms. The van der Waals surface area contributed by atoms with Crippen molar-refractivity contribution in [3.8, 4) is 63.2 Å². The van der Waals surface area contributed by atoms with Crippen LogP contribution in [0.25, 0.3) is 10.9 Å². The highest BCUT2D eigenvalue weighted by Gasteiger charge is 2.27. The van der Waals surface area contributed by atoms with Gasteiger partial charge in [0.2, 0.25) is 5.91 Å². The zero-order valence-electron chi connectivity index (χ0n) is 41.2. The Kier molecular flexibility index (Phi) is 22.8. The lowest BCUT2D eigenvalue weighted by Crippen LogP contribution is -2.29. The summed E-state index contributed by atoms with van der Waals surface area (Å²) in [4.78, 5) is 40.2. The van der Waals surface area contributed by atoms with Crippen molar-refractivity contribution in [3.05, 3.63) is 119 Å². The van der Waals surface area contributed by atoms with Gasteiger partial charge in [-0.1, -0.05) is 97.1 Å². The average Bonchev–Trinajstić information content (AvgIpc) is 3.37. The van der Waals surface area contributed by atoms with Crippen molar-refractivity contribution in [3.63, 3.8) is 0 Å². The van der Waals surface area contributed by atoms with Crippen molar-refractivity contribution in [2.45, 2.75) is 99.0 Å². The SMILES string of the molecule is C.CCCCCC(C(=O)O)C(=O)Nc1ccc(OC)cc1Oc1ccc(OCc2ccccc2)cc1OC.CCCCCc1c(O)c2cc(OC)cc(Oc3ccc(OCCCC)cc3OC)c2[nH]c1=O. The molecular formula is C56H70N2O13. The number of ether oxygens (including phenoxy) is 8. The molecule has 1 unspecified atom stereocenters. The van der Waals surface area contributed by atoms with E-state index in [4.69, 9.17) is 37.9 Å². The van der Waals surface area contributed by atoms with Gasteiger partial charge in [-0.3, -0.25) is 14.4 Å². The molecule has 1 aromatic heterocycles. The second-order valence-electron chi connectivity index (χ2n) is 16.3. The van der Waals surface area contributed by atoms with Gasteiger partial charge in [0.15, 0.2) is 34.5 Å². The number of carboxylic acid groups (broad SMARTS) is 1. The van der Waals surface area contributed by atoms with Gasteiger partial charge < -0.3 is 58.4 Å². The molecule has 71 heavy (non-hydrogen) atoms. The number of aliphatic carboxylic acids is 1. The minimum absolute atomic E-state index is 0. The average molecular weight is 979 g/mol. The molecule has 1 amide bonds. The Morgan fingerprint density at radius 1 is 0.620 bits per heavy atom. The number of aromatic amines is 1. The monoisotopic (exact) mass is 978 g/mol. The zero-order valence-corrected chi connectivity index (χ0v) is 41.2. The summed E-state index contributed by atoms with van der Waals surface area (Å²) in [6.07, 6.45) is 8.08. The Bertz CT molecular complexity index is 2690. The van der Waals surface area contributed by atoms with Gasteiger partial charge >= 0.3 is 5.97 Å². The second kappa shape index (κ2) is 28.8. The lowest BCUT2D eigenvalue weighted by molar-refractivity contribution is -0.145. The summed E-state index contributed by atoms with van der Waals surface area (Å²) in [5, 5.41) is 23.7.